The van der Waals surface area contributed by atoms with Gasteiger partial charge in [-0.05, 0) is 0 Å². The number of rotatable bonds is 2. The van der Waals surface area contributed by atoms with Crippen LogP contribution in [-0.4, -0.2) is 15.1 Å². The molecule has 0 bridgehead atoms. The molecule has 1 rings (SSSR count). The third-order valence-electron chi connectivity index (χ3n) is 1.79. The van der Waals surface area contributed by atoms with Crippen molar-refractivity contribution in [1.29, 1.82) is 0 Å². The Morgan fingerprint density at radius 1 is 1.57 bits per heavy atom. The van der Waals surface area contributed by atoms with Crippen molar-refractivity contribution in [2.24, 2.45) is 0 Å². The largest absolute Gasteiger partial charge is 0.281 e. The lowest BCUT2D eigenvalue weighted by atomic mass is 9.89. The summed E-state index contributed by atoms with van der Waals surface area (Å²) in [5.74, 6) is 0. The Morgan fingerprint density at radius 3 is 2.71 bits per heavy atom. The molecular weight excluding hydrogens is 182 g/mol. The lowest BCUT2D eigenvalue weighted by Gasteiger charge is -2.16. The molecule has 0 aliphatic heterocycles. The van der Waals surface area contributed by atoms with Crippen molar-refractivity contribution in [3.8, 4) is 0 Å². The molecule has 1 aromatic rings. The number of aromatic nitrogens is 2. The first-order chi connectivity index (χ1) is 6.41. The predicted molar refractivity (Wildman–Crippen MR) is 53.3 cm³/mol. The van der Waals surface area contributed by atoms with Crippen molar-refractivity contribution >= 4 is 6.08 Å². The number of nitrogens with zero attached hydrogens (tertiary/aromatic N) is 2. The summed E-state index contributed by atoms with van der Waals surface area (Å²) in [5.41, 5.74) is 1.57. The summed E-state index contributed by atoms with van der Waals surface area (Å²) < 4.78 is 0. The summed E-state index contributed by atoms with van der Waals surface area (Å²) in [4.78, 5) is 9.66. The van der Waals surface area contributed by atoms with E-state index in [0.717, 1.165) is 17.5 Å². The number of aromatic amines is 1. The molecule has 0 unspecified atom stereocenters. The number of hydrogen-bond donors (Lipinski definition) is 1. The van der Waals surface area contributed by atoms with Crippen LogP contribution in [-0.2, 0) is 5.41 Å². The van der Waals surface area contributed by atoms with Gasteiger partial charge in [0.05, 0.1) is 11.1 Å². The van der Waals surface area contributed by atoms with Crippen molar-refractivity contribution < 1.29 is 4.92 Å². The van der Waals surface area contributed by atoms with Crippen molar-refractivity contribution in [1.82, 2.24) is 10.2 Å². The zero-order valence-corrected chi connectivity index (χ0v) is 8.44. The van der Waals surface area contributed by atoms with Gasteiger partial charge in [0.25, 0.3) is 0 Å². The van der Waals surface area contributed by atoms with Crippen LogP contribution in [0.2, 0.25) is 0 Å². The molecule has 0 spiro atoms. The maximum Gasteiger partial charge on any atom is 0.235 e. The van der Waals surface area contributed by atoms with E-state index in [1.54, 1.807) is 6.20 Å². The second-order valence-electron chi connectivity index (χ2n) is 4.05. The molecule has 0 atom stereocenters. The van der Waals surface area contributed by atoms with Gasteiger partial charge in [-0.2, -0.15) is 5.10 Å². The quantitative estimate of drug-likeness (QED) is 0.579. The van der Waals surface area contributed by atoms with Crippen LogP contribution in [0.15, 0.2) is 12.4 Å². The minimum Gasteiger partial charge on any atom is -0.281 e. The fraction of sp³-hybridized carbons (Fsp3) is 0.444. The highest BCUT2D eigenvalue weighted by Crippen LogP contribution is 2.23. The van der Waals surface area contributed by atoms with Gasteiger partial charge in [-0.3, -0.25) is 15.2 Å². The molecule has 14 heavy (non-hydrogen) atoms. The molecule has 1 aromatic heterocycles. The molecule has 5 heteroatoms. The summed E-state index contributed by atoms with van der Waals surface area (Å²) in [6.07, 6.45) is 3.95. The second kappa shape index (κ2) is 3.61. The number of hydrogen-bond acceptors (Lipinski definition) is 3. The van der Waals surface area contributed by atoms with Crippen molar-refractivity contribution in [3.63, 3.8) is 0 Å². The van der Waals surface area contributed by atoms with Gasteiger partial charge in [0.15, 0.2) is 0 Å². The molecule has 0 aromatic carbocycles. The van der Waals surface area contributed by atoms with Gasteiger partial charge in [0.1, 0.15) is 0 Å². The van der Waals surface area contributed by atoms with Gasteiger partial charge in [-0.25, -0.2) is 0 Å². The smallest absolute Gasteiger partial charge is 0.235 e. The lowest BCUT2D eigenvalue weighted by molar-refractivity contribution is -0.400. The van der Waals surface area contributed by atoms with Gasteiger partial charge in [-0.15, -0.1) is 0 Å². The van der Waals surface area contributed by atoms with E-state index < -0.39 is 4.92 Å². The van der Waals surface area contributed by atoms with Gasteiger partial charge >= 0.3 is 0 Å². The monoisotopic (exact) mass is 195 g/mol. The molecule has 0 radical (unpaired) electrons. The SMILES string of the molecule is CC(C)(C)c1[nH]ncc1/C=C/[N+](=O)[O-]. The van der Waals surface area contributed by atoms with Crippen LogP contribution in [0.3, 0.4) is 0 Å². The van der Waals surface area contributed by atoms with Crippen LogP contribution in [0.25, 0.3) is 6.08 Å². The van der Waals surface area contributed by atoms with Gasteiger partial charge in [0, 0.05) is 22.7 Å². The van der Waals surface area contributed by atoms with Gasteiger partial charge < -0.3 is 0 Å². The molecule has 0 saturated heterocycles. The highest BCUT2D eigenvalue weighted by Gasteiger charge is 2.18. The number of nitro groups is 1. The van der Waals surface area contributed by atoms with Crippen LogP contribution in [0, 0.1) is 10.1 Å². The van der Waals surface area contributed by atoms with Crippen molar-refractivity contribution in [3.05, 3.63) is 33.8 Å². The van der Waals surface area contributed by atoms with Crippen molar-refractivity contribution in [2.75, 3.05) is 0 Å². The normalized spacial score (nSPS) is 12.2. The summed E-state index contributed by atoms with van der Waals surface area (Å²) in [6.45, 7) is 6.05. The van der Waals surface area contributed by atoms with Crippen LogP contribution in [0.1, 0.15) is 32.0 Å². The van der Waals surface area contributed by atoms with E-state index in [2.05, 4.69) is 10.2 Å². The van der Waals surface area contributed by atoms with E-state index in [1.807, 2.05) is 20.8 Å². The molecule has 5 nitrogen and oxygen atoms in total. The highest BCUT2D eigenvalue weighted by atomic mass is 16.6. The second-order valence-corrected chi connectivity index (χ2v) is 4.05. The Bertz CT molecular complexity index is 360. The zero-order chi connectivity index (χ0) is 10.8. The summed E-state index contributed by atoms with van der Waals surface area (Å²) >= 11 is 0. The molecule has 0 amide bonds. The Labute approximate surface area is 82.0 Å². The van der Waals surface area contributed by atoms with E-state index in [9.17, 15) is 10.1 Å². The zero-order valence-electron chi connectivity index (χ0n) is 8.44. The van der Waals surface area contributed by atoms with Crippen LogP contribution in [0.4, 0.5) is 0 Å². The maximum atomic E-state index is 10.1. The summed E-state index contributed by atoms with van der Waals surface area (Å²) in [5, 5.41) is 16.9. The Balaban J connectivity index is 3.00. The molecular formula is C9H13N3O2. The maximum absolute atomic E-state index is 10.1. The van der Waals surface area contributed by atoms with E-state index in [1.165, 1.54) is 6.08 Å². The predicted octanol–water partition coefficient (Wildman–Crippen LogP) is 1.95. The molecule has 0 saturated carbocycles. The average Bonchev–Trinajstić information content (AvgIpc) is 2.46. The highest BCUT2D eigenvalue weighted by molar-refractivity contribution is 5.51. The molecule has 76 valence electrons. The molecule has 0 aliphatic carbocycles. The number of H-pyrrole nitrogens is 1. The molecule has 0 aliphatic rings. The number of nitrogens with one attached hydrogen (secondary N) is 1. The molecule has 1 N–H and O–H groups in total. The molecule has 1 heterocycles. The first kappa shape index (κ1) is 10.4. The standard InChI is InChI=1S/C9H13N3O2/c1-9(2,3)8-7(6-10-11-8)4-5-12(13)14/h4-6H,1-3H3,(H,10,11)/b5-4+. The first-order valence-electron chi connectivity index (χ1n) is 4.27. The van der Waals surface area contributed by atoms with E-state index in [0.29, 0.717) is 0 Å². The fourth-order valence-electron chi connectivity index (χ4n) is 1.16. The van der Waals surface area contributed by atoms with Gasteiger partial charge in [0.2, 0.25) is 6.20 Å². The lowest BCUT2D eigenvalue weighted by Crippen LogP contribution is -2.13. The summed E-state index contributed by atoms with van der Waals surface area (Å²) in [7, 11) is 0. The average molecular weight is 195 g/mol. The Hall–Kier alpha value is -1.65. The Kier molecular flexibility index (Phi) is 2.69. The van der Waals surface area contributed by atoms with Crippen LogP contribution >= 0.6 is 0 Å². The minimum absolute atomic E-state index is 0.0905. The van der Waals surface area contributed by atoms with Gasteiger partial charge in [-0.1, -0.05) is 20.8 Å². The Morgan fingerprint density at radius 2 is 2.21 bits per heavy atom. The van der Waals surface area contributed by atoms with E-state index in [4.69, 9.17) is 0 Å². The summed E-state index contributed by atoms with van der Waals surface area (Å²) in [6, 6.07) is 0. The third-order valence-corrected chi connectivity index (χ3v) is 1.79. The van der Waals surface area contributed by atoms with Crippen LogP contribution < -0.4 is 0 Å². The van der Waals surface area contributed by atoms with Crippen molar-refractivity contribution in [2.45, 2.75) is 26.2 Å². The topological polar surface area (TPSA) is 71.8 Å². The van der Waals surface area contributed by atoms with Crippen LogP contribution in [0.5, 0.6) is 0 Å². The minimum atomic E-state index is -0.487. The first-order valence-corrected chi connectivity index (χ1v) is 4.27. The third kappa shape index (κ3) is 2.42. The van der Waals surface area contributed by atoms with E-state index in [-0.39, 0.29) is 5.41 Å². The fourth-order valence-corrected chi connectivity index (χ4v) is 1.16. The van der Waals surface area contributed by atoms with E-state index >= 15 is 0 Å². The molecule has 0 fully saturated rings.